The second kappa shape index (κ2) is 14.4. The zero-order chi connectivity index (χ0) is 36.7. The standard InChI is InChI=1S/C36H48ClN5O8S/c1-35(2,3)18-30(43)38-28-10-8-6-4-5-7-9-24-17-36(24,33(46)40-51(48,49)27-13-14-27)39-31(44)29-16-26(21-42(29)32(28)45)50-34(47)41-19-22-11-12-25(37)15-23(22)20-41/h7,9,11-12,15,24,26-29H,4-6,8,10,13-14,16-21H2,1-3H3,(H,38,43)(H,39,44)(H,40,46)/b9-7+/t24-,26-,28+,29+,36-/m1/s1. The van der Waals surface area contributed by atoms with Crippen molar-refractivity contribution in [2.75, 3.05) is 6.54 Å². The number of rotatable bonds is 6. The molecular formula is C36H48ClN5O8S. The number of sulfonamides is 1. The summed E-state index contributed by atoms with van der Waals surface area (Å²) in [6, 6.07) is 3.35. The van der Waals surface area contributed by atoms with Crippen molar-refractivity contribution in [1.29, 1.82) is 0 Å². The molecule has 5 amide bonds. The lowest BCUT2D eigenvalue weighted by Crippen LogP contribution is -2.58. The van der Waals surface area contributed by atoms with Gasteiger partial charge in [0.25, 0.3) is 5.91 Å². The Kier molecular flexibility index (Phi) is 10.5. The minimum absolute atomic E-state index is 0.0445. The molecule has 3 heterocycles. The highest BCUT2D eigenvalue weighted by atomic mass is 35.5. The molecule has 3 fully saturated rings. The molecule has 0 spiro atoms. The lowest BCUT2D eigenvalue weighted by atomic mass is 9.91. The summed E-state index contributed by atoms with van der Waals surface area (Å²) in [5.41, 5.74) is 0.0152. The summed E-state index contributed by atoms with van der Waals surface area (Å²) in [4.78, 5) is 71.5. The minimum Gasteiger partial charge on any atom is -0.444 e. The van der Waals surface area contributed by atoms with Crippen LogP contribution in [-0.4, -0.2) is 83.5 Å². The van der Waals surface area contributed by atoms with Crippen molar-refractivity contribution in [1.82, 2.24) is 25.2 Å². The number of hydrogen-bond donors (Lipinski definition) is 3. The number of allylic oxidation sites excluding steroid dienone is 1. The maximum atomic E-state index is 14.4. The summed E-state index contributed by atoms with van der Waals surface area (Å²) in [7, 11) is -3.89. The molecule has 0 unspecified atom stereocenters. The Labute approximate surface area is 304 Å². The van der Waals surface area contributed by atoms with Gasteiger partial charge in [-0.1, -0.05) is 63.4 Å². The van der Waals surface area contributed by atoms with Gasteiger partial charge in [0, 0.05) is 36.9 Å². The average Bonchev–Trinajstić information content (AvgIpc) is 3.93. The summed E-state index contributed by atoms with van der Waals surface area (Å²) >= 11 is 6.15. The lowest BCUT2D eigenvalue weighted by Gasteiger charge is -2.30. The fourth-order valence-corrected chi connectivity index (χ4v) is 8.84. The van der Waals surface area contributed by atoms with Crippen molar-refractivity contribution in [2.24, 2.45) is 11.3 Å². The Morgan fingerprint density at radius 2 is 1.80 bits per heavy atom. The van der Waals surface area contributed by atoms with Crippen LogP contribution in [0.2, 0.25) is 5.02 Å². The number of halogens is 1. The Bertz CT molecular complexity index is 1720. The van der Waals surface area contributed by atoms with Crippen LogP contribution in [0, 0.1) is 11.3 Å². The number of ether oxygens (including phenoxy) is 1. The molecule has 0 bridgehead atoms. The molecule has 6 rings (SSSR count). The fraction of sp³-hybridized carbons (Fsp3) is 0.639. The highest BCUT2D eigenvalue weighted by Gasteiger charge is 2.62. The zero-order valence-electron chi connectivity index (χ0n) is 29.4. The molecule has 1 saturated heterocycles. The number of nitrogens with one attached hydrogen (secondary N) is 3. The van der Waals surface area contributed by atoms with Gasteiger partial charge in [-0.3, -0.25) is 28.8 Å². The quantitative estimate of drug-likeness (QED) is 0.370. The van der Waals surface area contributed by atoms with Gasteiger partial charge >= 0.3 is 6.09 Å². The lowest BCUT2D eigenvalue weighted by molar-refractivity contribution is -0.142. The molecule has 5 atom stereocenters. The van der Waals surface area contributed by atoms with Gasteiger partial charge in [-0.2, -0.15) is 0 Å². The van der Waals surface area contributed by atoms with Crippen LogP contribution >= 0.6 is 11.6 Å². The summed E-state index contributed by atoms with van der Waals surface area (Å²) in [5.74, 6) is -2.66. The average molecular weight is 746 g/mol. The first-order valence-corrected chi connectivity index (χ1v) is 19.8. The van der Waals surface area contributed by atoms with Crippen LogP contribution in [0.5, 0.6) is 0 Å². The van der Waals surface area contributed by atoms with Gasteiger partial charge in [0.15, 0.2) is 0 Å². The number of carbonyl (C=O) groups excluding carboxylic acids is 5. The normalized spacial score (nSPS) is 29.0. The van der Waals surface area contributed by atoms with E-state index in [1.807, 2.05) is 39.0 Å². The molecule has 2 aliphatic carbocycles. The number of benzene rings is 1. The van der Waals surface area contributed by atoms with E-state index in [9.17, 15) is 32.4 Å². The molecule has 278 valence electrons. The highest BCUT2D eigenvalue weighted by Crippen LogP contribution is 2.46. The third-order valence-corrected chi connectivity index (χ3v) is 12.3. The second-order valence-electron chi connectivity index (χ2n) is 15.9. The molecule has 5 aliphatic rings. The third kappa shape index (κ3) is 8.70. The van der Waals surface area contributed by atoms with Crippen LogP contribution in [0.15, 0.2) is 30.4 Å². The van der Waals surface area contributed by atoms with E-state index in [1.54, 1.807) is 12.1 Å². The largest absolute Gasteiger partial charge is 0.444 e. The molecule has 0 aromatic heterocycles. The van der Waals surface area contributed by atoms with E-state index < -0.39 is 68.7 Å². The second-order valence-corrected chi connectivity index (χ2v) is 18.3. The Hall–Kier alpha value is -3.65. The molecule has 13 nitrogen and oxygen atoms in total. The zero-order valence-corrected chi connectivity index (χ0v) is 31.0. The Morgan fingerprint density at radius 3 is 2.53 bits per heavy atom. The number of fused-ring (bicyclic) bond motifs is 3. The molecular weight excluding hydrogens is 698 g/mol. The molecule has 15 heteroatoms. The van der Waals surface area contributed by atoms with Crippen LogP contribution in [0.3, 0.4) is 0 Å². The SMILES string of the molecule is CC(C)(C)CC(=O)N[C@H]1CCCCC/C=C/[C@@H]2C[C@@]2(C(=O)NS(=O)(=O)C2CC2)NC(=O)[C@@H]2C[C@@H](OC(=O)N3Cc4ccc(Cl)cc4C3)CN2C1=O. The van der Waals surface area contributed by atoms with Crippen LogP contribution in [0.25, 0.3) is 0 Å². The van der Waals surface area contributed by atoms with E-state index in [0.717, 1.165) is 24.0 Å². The highest BCUT2D eigenvalue weighted by molar-refractivity contribution is 7.91. The van der Waals surface area contributed by atoms with Gasteiger partial charge in [0.05, 0.1) is 11.8 Å². The third-order valence-electron chi connectivity index (χ3n) is 10.3. The number of carbonyl (C=O) groups is 5. The molecule has 2 saturated carbocycles. The first kappa shape index (κ1) is 37.1. The summed E-state index contributed by atoms with van der Waals surface area (Å²) in [5, 5.41) is 5.67. The molecule has 3 N–H and O–H groups in total. The molecule has 3 aliphatic heterocycles. The van der Waals surface area contributed by atoms with Gasteiger partial charge in [0.1, 0.15) is 23.7 Å². The minimum atomic E-state index is -3.89. The van der Waals surface area contributed by atoms with Crippen molar-refractivity contribution in [3.8, 4) is 0 Å². The van der Waals surface area contributed by atoms with Gasteiger partial charge in [0.2, 0.25) is 27.7 Å². The first-order valence-electron chi connectivity index (χ1n) is 17.9. The number of nitrogens with zero attached hydrogens (tertiary/aromatic N) is 2. The van der Waals surface area contributed by atoms with Gasteiger partial charge in [-0.05, 0) is 67.2 Å². The Balaban J connectivity index is 1.25. The fourth-order valence-electron chi connectivity index (χ4n) is 7.28. The molecule has 1 aromatic carbocycles. The van der Waals surface area contributed by atoms with Crippen LogP contribution < -0.4 is 15.4 Å². The van der Waals surface area contributed by atoms with E-state index in [1.165, 1.54) is 9.80 Å². The van der Waals surface area contributed by atoms with Crippen molar-refractivity contribution in [3.63, 3.8) is 0 Å². The first-order chi connectivity index (χ1) is 24.0. The van der Waals surface area contributed by atoms with E-state index >= 15 is 0 Å². The summed E-state index contributed by atoms with van der Waals surface area (Å²) < 4.78 is 33.6. The topological polar surface area (TPSA) is 171 Å². The van der Waals surface area contributed by atoms with Gasteiger partial charge in [-0.25, -0.2) is 13.2 Å². The van der Waals surface area contributed by atoms with Gasteiger partial charge in [-0.15, -0.1) is 0 Å². The predicted molar refractivity (Wildman–Crippen MR) is 188 cm³/mol. The van der Waals surface area contributed by atoms with Crippen LogP contribution in [0.4, 0.5) is 4.79 Å². The summed E-state index contributed by atoms with van der Waals surface area (Å²) in [6.07, 6.45) is 6.91. The van der Waals surface area contributed by atoms with Crippen LogP contribution in [-0.2, 0) is 47.0 Å². The van der Waals surface area contributed by atoms with Crippen molar-refractivity contribution in [3.05, 3.63) is 46.5 Å². The van der Waals surface area contributed by atoms with E-state index in [4.69, 9.17) is 16.3 Å². The van der Waals surface area contributed by atoms with Crippen LogP contribution in [0.1, 0.15) is 96.1 Å². The molecule has 51 heavy (non-hydrogen) atoms. The smallest absolute Gasteiger partial charge is 0.410 e. The predicted octanol–water partition coefficient (Wildman–Crippen LogP) is 3.69. The van der Waals surface area contributed by atoms with Crippen molar-refractivity contribution < 1.29 is 37.1 Å². The van der Waals surface area contributed by atoms with Gasteiger partial charge < -0.3 is 20.3 Å². The maximum absolute atomic E-state index is 14.4. The Morgan fingerprint density at radius 1 is 1.06 bits per heavy atom. The van der Waals surface area contributed by atoms with Crippen molar-refractivity contribution in [2.45, 2.75) is 127 Å². The monoisotopic (exact) mass is 745 g/mol. The number of amides is 5. The number of hydrogen-bond acceptors (Lipinski definition) is 8. The maximum Gasteiger partial charge on any atom is 0.410 e. The van der Waals surface area contributed by atoms with Crippen molar-refractivity contribution >= 4 is 51.3 Å². The summed E-state index contributed by atoms with van der Waals surface area (Å²) in [6.45, 7) is 6.31. The van der Waals surface area contributed by atoms with E-state index in [2.05, 4.69) is 15.4 Å². The molecule has 0 radical (unpaired) electrons. The van der Waals surface area contributed by atoms with E-state index in [0.29, 0.717) is 50.2 Å². The molecule has 1 aromatic rings. The van der Waals surface area contributed by atoms with E-state index in [-0.39, 0.29) is 37.1 Å².